The van der Waals surface area contributed by atoms with Crippen LogP contribution < -0.4 is 5.56 Å². The third kappa shape index (κ3) is 3.54. The Hall–Kier alpha value is -3.67. The highest BCUT2D eigenvalue weighted by atomic mass is 16.2. The summed E-state index contributed by atoms with van der Waals surface area (Å²) in [6.45, 7) is 2.30. The normalized spacial score (nSPS) is 21.7. The number of hydrogen-bond acceptors (Lipinski definition) is 3. The van der Waals surface area contributed by atoms with E-state index in [1.807, 2.05) is 76.2 Å². The minimum atomic E-state index is -0.556. The van der Waals surface area contributed by atoms with Gasteiger partial charge >= 0.3 is 0 Å². The minimum Gasteiger partial charge on any atom is -0.340 e. The van der Waals surface area contributed by atoms with Gasteiger partial charge < -0.3 is 14.4 Å². The average molecular weight is 454 g/mol. The summed E-state index contributed by atoms with van der Waals surface area (Å²) >= 11 is 0. The van der Waals surface area contributed by atoms with Gasteiger partial charge in [0.05, 0.1) is 0 Å². The lowest BCUT2D eigenvalue weighted by Crippen LogP contribution is -2.55. The molecule has 1 aromatic heterocycles. The van der Waals surface area contributed by atoms with Crippen molar-refractivity contribution in [1.82, 2.24) is 14.4 Å². The van der Waals surface area contributed by atoms with Crippen LogP contribution in [0.4, 0.5) is 0 Å². The summed E-state index contributed by atoms with van der Waals surface area (Å²) in [5, 5.41) is 0. The molecule has 6 rings (SSSR count). The zero-order valence-electron chi connectivity index (χ0n) is 19.0. The summed E-state index contributed by atoms with van der Waals surface area (Å²) in [6, 6.07) is 22.4. The molecular formula is C28H27N3O3. The number of carbonyl (C=O) groups is 2. The van der Waals surface area contributed by atoms with Crippen LogP contribution in [0.15, 0.2) is 77.6 Å². The number of amides is 2. The average Bonchev–Trinajstić information content (AvgIpc) is 3.19. The molecule has 3 aliphatic rings. The maximum absolute atomic E-state index is 14.1. The summed E-state index contributed by atoms with van der Waals surface area (Å²) in [7, 11) is 0. The third-order valence-electron chi connectivity index (χ3n) is 7.57. The van der Waals surface area contributed by atoms with Crippen LogP contribution in [-0.2, 0) is 24.3 Å². The van der Waals surface area contributed by atoms with Crippen LogP contribution in [0.3, 0.4) is 0 Å². The molecule has 2 amide bonds. The fourth-order valence-corrected chi connectivity index (χ4v) is 5.98. The van der Waals surface area contributed by atoms with E-state index in [-0.39, 0.29) is 29.2 Å². The zero-order valence-corrected chi connectivity index (χ0v) is 19.0. The third-order valence-corrected chi connectivity index (χ3v) is 7.57. The van der Waals surface area contributed by atoms with E-state index >= 15 is 0 Å². The van der Waals surface area contributed by atoms with E-state index < -0.39 is 6.04 Å². The van der Waals surface area contributed by atoms with Crippen molar-refractivity contribution in [2.24, 2.45) is 5.92 Å². The lowest BCUT2D eigenvalue weighted by Gasteiger charge is -2.44. The van der Waals surface area contributed by atoms with Crippen LogP contribution in [0.5, 0.6) is 0 Å². The number of rotatable bonds is 4. The van der Waals surface area contributed by atoms with Gasteiger partial charge in [0.25, 0.3) is 11.5 Å². The Balaban J connectivity index is 1.31. The molecule has 3 aromatic rings. The number of piperidine rings is 1. The smallest absolute Gasteiger partial charge is 0.255 e. The summed E-state index contributed by atoms with van der Waals surface area (Å²) in [6.07, 6.45) is 1.48. The fourth-order valence-electron chi connectivity index (χ4n) is 5.98. The number of benzene rings is 2. The Morgan fingerprint density at radius 3 is 2.50 bits per heavy atom. The van der Waals surface area contributed by atoms with Crippen molar-refractivity contribution in [3.63, 3.8) is 0 Å². The van der Waals surface area contributed by atoms with Gasteiger partial charge in [-0.25, -0.2) is 0 Å². The first-order valence-corrected chi connectivity index (χ1v) is 12.0. The van der Waals surface area contributed by atoms with E-state index in [0.717, 1.165) is 23.2 Å². The largest absolute Gasteiger partial charge is 0.340 e. The Bertz CT molecular complexity index is 1320. The monoisotopic (exact) mass is 453 g/mol. The maximum Gasteiger partial charge on any atom is 0.255 e. The second kappa shape index (κ2) is 8.28. The maximum atomic E-state index is 14.1. The van der Waals surface area contributed by atoms with Gasteiger partial charge in [0.1, 0.15) is 6.04 Å². The van der Waals surface area contributed by atoms with E-state index in [0.29, 0.717) is 38.2 Å². The molecule has 0 N–H and O–H groups in total. The fraction of sp³-hybridized carbons (Fsp3) is 0.321. The van der Waals surface area contributed by atoms with E-state index in [4.69, 9.17) is 0 Å². The van der Waals surface area contributed by atoms with Gasteiger partial charge in [0, 0.05) is 55.8 Å². The van der Waals surface area contributed by atoms with Gasteiger partial charge in [-0.1, -0.05) is 54.6 Å². The summed E-state index contributed by atoms with van der Waals surface area (Å²) < 4.78 is 1.88. The summed E-state index contributed by atoms with van der Waals surface area (Å²) in [4.78, 5) is 43.5. The highest BCUT2D eigenvalue weighted by Crippen LogP contribution is 2.36. The topological polar surface area (TPSA) is 62.6 Å². The molecule has 0 saturated carbocycles. The van der Waals surface area contributed by atoms with E-state index in [1.54, 1.807) is 11.0 Å². The Kier molecular flexibility index (Phi) is 5.09. The minimum absolute atomic E-state index is 0.00596. The van der Waals surface area contributed by atoms with E-state index in [2.05, 4.69) is 0 Å². The predicted octanol–water partition coefficient (Wildman–Crippen LogP) is 3.06. The number of likely N-dealkylation sites (tertiary alicyclic amines) is 1. The second-order valence-corrected chi connectivity index (χ2v) is 9.74. The van der Waals surface area contributed by atoms with Gasteiger partial charge in [-0.2, -0.15) is 0 Å². The van der Waals surface area contributed by atoms with Crippen LogP contribution in [-0.4, -0.2) is 45.3 Å². The standard InChI is InChI=1S/C28H27N3O3/c32-26-12-6-11-24-22-13-20(16-30(24)26)15-29(17-22)28(34)25(14-19-7-2-1-3-8-19)31-18-21-9-4-5-10-23(21)27(31)33/h1-12,20,22,25H,13-18H2/t20-,22+,25-/m1/s1. The van der Waals surface area contributed by atoms with Gasteiger partial charge in [0.15, 0.2) is 0 Å². The molecule has 2 bridgehead atoms. The Morgan fingerprint density at radius 2 is 1.68 bits per heavy atom. The molecule has 34 heavy (non-hydrogen) atoms. The van der Waals surface area contributed by atoms with Crippen LogP contribution >= 0.6 is 0 Å². The second-order valence-electron chi connectivity index (χ2n) is 9.74. The molecule has 1 fully saturated rings. The van der Waals surface area contributed by atoms with Gasteiger partial charge in [0.2, 0.25) is 5.91 Å². The van der Waals surface area contributed by atoms with Crippen LogP contribution in [0.1, 0.15) is 39.5 Å². The molecule has 0 radical (unpaired) electrons. The highest BCUT2D eigenvalue weighted by molar-refractivity contribution is 6.01. The molecule has 3 atom stereocenters. The molecule has 4 heterocycles. The van der Waals surface area contributed by atoms with Crippen molar-refractivity contribution >= 4 is 11.8 Å². The first-order chi connectivity index (χ1) is 16.6. The molecule has 1 saturated heterocycles. The number of nitrogens with zero attached hydrogens (tertiary/aromatic N) is 3. The lowest BCUT2D eigenvalue weighted by molar-refractivity contribution is -0.139. The number of pyridine rings is 1. The van der Waals surface area contributed by atoms with Crippen LogP contribution in [0.25, 0.3) is 0 Å². The summed E-state index contributed by atoms with van der Waals surface area (Å²) in [5.74, 6) is 0.332. The number of hydrogen-bond donors (Lipinski definition) is 0. The first kappa shape index (κ1) is 20.9. The van der Waals surface area contributed by atoms with Crippen molar-refractivity contribution in [3.8, 4) is 0 Å². The van der Waals surface area contributed by atoms with Crippen molar-refractivity contribution < 1.29 is 9.59 Å². The van der Waals surface area contributed by atoms with E-state index in [1.165, 1.54) is 0 Å². The molecule has 3 aliphatic heterocycles. The quantitative estimate of drug-likeness (QED) is 0.610. The Morgan fingerprint density at radius 1 is 0.882 bits per heavy atom. The van der Waals surface area contributed by atoms with E-state index in [9.17, 15) is 14.4 Å². The zero-order chi connectivity index (χ0) is 23.2. The lowest BCUT2D eigenvalue weighted by atomic mass is 9.82. The van der Waals surface area contributed by atoms with Crippen LogP contribution in [0.2, 0.25) is 0 Å². The summed E-state index contributed by atoms with van der Waals surface area (Å²) in [5.41, 5.74) is 3.76. The van der Waals surface area contributed by atoms with Crippen LogP contribution in [0, 0.1) is 5.92 Å². The van der Waals surface area contributed by atoms with Gasteiger partial charge in [-0.15, -0.1) is 0 Å². The number of fused-ring (bicyclic) bond motifs is 5. The van der Waals surface area contributed by atoms with Crippen molar-refractivity contribution in [1.29, 1.82) is 0 Å². The molecule has 2 aromatic carbocycles. The molecule has 172 valence electrons. The SMILES string of the molecule is O=C([C@@H](Cc1ccccc1)N1Cc2ccccc2C1=O)N1C[C@H]2C[C@@H](C1)c1cccc(=O)n1C2. The van der Waals surface area contributed by atoms with Gasteiger partial charge in [-0.05, 0) is 35.6 Å². The van der Waals surface area contributed by atoms with Crippen molar-refractivity contribution in [2.45, 2.75) is 37.9 Å². The molecule has 0 spiro atoms. The van der Waals surface area contributed by atoms with Gasteiger partial charge in [-0.3, -0.25) is 14.4 Å². The van der Waals surface area contributed by atoms with Crippen molar-refractivity contribution in [2.75, 3.05) is 13.1 Å². The molecule has 0 aliphatic carbocycles. The molecule has 6 nitrogen and oxygen atoms in total. The number of aromatic nitrogens is 1. The molecule has 6 heteroatoms. The Labute approximate surface area is 198 Å². The molecule has 0 unspecified atom stereocenters. The number of carbonyl (C=O) groups excluding carboxylic acids is 2. The molecular weight excluding hydrogens is 426 g/mol. The van der Waals surface area contributed by atoms with Crippen molar-refractivity contribution in [3.05, 3.63) is 106 Å². The predicted molar refractivity (Wildman–Crippen MR) is 128 cm³/mol. The first-order valence-electron chi connectivity index (χ1n) is 12.0. The highest BCUT2D eigenvalue weighted by Gasteiger charge is 2.42.